The molecule has 4 heteroatoms. The molecule has 6 rings (SSSR count). The predicted octanol–water partition coefficient (Wildman–Crippen LogP) is 5.94. The van der Waals surface area contributed by atoms with Gasteiger partial charge < -0.3 is 8.83 Å². The molecule has 0 aliphatic carbocycles. The Labute approximate surface area is 147 Å². The van der Waals surface area contributed by atoms with Crippen molar-refractivity contribution < 1.29 is 8.83 Å². The van der Waals surface area contributed by atoms with Gasteiger partial charge in [0.05, 0.1) is 5.39 Å². The molecular weight excluding hydrogens is 324 g/mol. The molecular formula is C22H12N2O2. The number of furan rings is 2. The monoisotopic (exact) mass is 336 g/mol. The van der Waals surface area contributed by atoms with Crippen molar-refractivity contribution in [3.05, 3.63) is 72.9 Å². The standard InChI is InChI=1S/C22H12N2O2/c1-2-6-13(7-3-1)21-23-12-17-16-11-19-15(10-20(16)26-22(17)24-21)14-8-4-5-9-18(14)25-19/h1-12H. The molecule has 3 heterocycles. The summed E-state index contributed by atoms with van der Waals surface area (Å²) >= 11 is 0. The van der Waals surface area contributed by atoms with Gasteiger partial charge in [-0.05, 0) is 18.2 Å². The van der Waals surface area contributed by atoms with Crippen LogP contribution in [0.3, 0.4) is 0 Å². The third kappa shape index (κ3) is 1.84. The van der Waals surface area contributed by atoms with E-state index in [0.717, 1.165) is 43.9 Å². The summed E-state index contributed by atoms with van der Waals surface area (Å²) in [5, 5.41) is 3.98. The Kier molecular flexibility index (Phi) is 2.58. The van der Waals surface area contributed by atoms with E-state index in [1.807, 2.05) is 66.9 Å². The molecule has 0 unspecified atom stereocenters. The normalized spacial score (nSPS) is 11.8. The quantitative estimate of drug-likeness (QED) is 0.373. The molecule has 0 amide bonds. The lowest BCUT2D eigenvalue weighted by atomic mass is 10.1. The first kappa shape index (κ1) is 13.6. The number of para-hydroxylation sites is 1. The number of hydrogen-bond donors (Lipinski definition) is 0. The molecule has 0 aliphatic heterocycles. The number of hydrogen-bond acceptors (Lipinski definition) is 4. The second kappa shape index (κ2) is 4.92. The van der Waals surface area contributed by atoms with Gasteiger partial charge in [0.2, 0.25) is 5.71 Å². The van der Waals surface area contributed by atoms with Gasteiger partial charge in [0.25, 0.3) is 0 Å². The zero-order valence-corrected chi connectivity index (χ0v) is 13.6. The first-order valence-electron chi connectivity index (χ1n) is 8.43. The van der Waals surface area contributed by atoms with E-state index in [9.17, 15) is 0 Å². The molecule has 122 valence electrons. The van der Waals surface area contributed by atoms with Gasteiger partial charge >= 0.3 is 0 Å². The molecule has 0 saturated heterocycles. The Morgan fingerprint density at radius 1 is 0.615 bits per heavy atom. The maximum Gasteiger partial charge on any atom is 0.230 e. The minimum atomic E-state index is 0.589. The highest BCUT2D eigenvalue weighted by Gasteiger charge is 2.15. The Morgan fingerprint density at radius 3 is 2.23 bits per heavy atom. The van der Waals surface area contributed by atoms with Crippen molar-refractivity contribution in [3.63, 3.8) is 0 Å². The van der Waals surface area contributed by atoms with Gasteiger partial charge in [-0.15, -0.1) is 0 Å². The fourth-order valence-corrected chi connectivity index (χ4v) is 3.51. The summed E-state index contributed by atoms with van der Waals surface area (Å²) in [6.07, 6.45) is 1.82. The third-order valence-corrected chi connectivity index (χ3v) is 4.76. The Hall–Kier alpha value is -3.66. The summed E-state index contributed by atoms with van der Waals surface area (Å²) in [6.45, 7) is 0. The molecule has 26 heavy (non-hydrogen) atoms. The van der Waals surface area contributed by atoms with Crippen molar-refractivity contribution in [3.8, 4) is 11.4 Å². The van der Waals surface area contributed by atoms with Crippen LogP contribution in [0.4, 0.5) is 0 Å². The van der Waals surface area contributed by atoms with Crippen LogP contribution in [0.2, 0.25) is 0 Å². The molecule has 3 aromatic carbocycles. The van der Waals surface area contributed by atoms with Gasteiger partial charge in [0, 0.05) is 27.9 Å². The topological polar surface area (TPSA) is 52.1 Å². The minimum Gasteiger partial charge on any atom is -0.456 e. The zero-order valence-electron chi connectivity index (χ0n) is 13.6. The van der Waals surface area contributed by atoms with Crippen LogP contribution < -0.4 is 0 Å². The van der Waals surface area contributed by atoms with E-state index in [-0.39, 0.29) is 0 Å². The highest BCUT2D eigenvalue weighted by Crippen LogP contribution is 2.36. The predicted molar refractivity (Wildman–Crippen MR) is 102 cm³/mol. The van der Waals surface area contributed by atoms with Crippen LogP contribution in [0.5, 0.6) is 0 Å². The summed E-state index contributed by atoms with van der Waals surface area (Å²) in [5.41, 5.74) is 4.06. The number of fused-ring (bicyclic) bond motifs is 6. The first-order chi connectivity index (χ1) is 12.9. The van der Waals surface area contributed by atoms with Crippen LogP contribution in [0.15, 0.2) is 81.8 Å². The van der Waals surface area contributed by atoms with Crippen LogP contribution in [-0.2, 0) is 0 Å². The second-order valence-electron chi connectivity index (χ2n) is 6.32. The highest BCUT2D eigenvalue weighted by molar-refractivity contribution is 6.14. The average Bonchev–Trinajstić information content (AvgIpc) is 3.23. The summed E-state index contributed by atoms with van der Waals surface area (Å²) < 4.78 is 12.0. The third-order valence-electron chi connectivity index (χ3n) is 4.76. The Morgan fingerprint density at radius 2 is 1.35 bits per heavy atom. The molecule has 0 atom stereocenters. The molecule has 0 saturated carbocycles. The molecule has 0 bridgehead atoms. The Balaban J connectivity index is 1.65. The van der Waals surface area contributed by atoms with Crippen molar-refractivity contribution in [2.24, 2.45) is 0 Å². The van der Waals surface area contributed by atoms with Crippen LogP contribution in [0.25, 0.3) is 55.4 Å². The molecule has 0 N–H and O–H groups in total. The summed E-state index contributed by atoms with van der Waals surface area (Å²) in [7, 11) is 0. The fraction of sp³-hybridized carbons (Fsp3) is 0. The van der Waals surface area contributed by atoms with Gasteiger partial charge in [-0.25, -0.2) is 4.98 Å². The molecule has 4 nitrogen and oxygen atoms in total. The largest absolute Gasteiger partial charge is 0.456 e. The van der Waals surface area contributed by atoms with E-state index in [1.54, 1.807) is 0 Å². The van der Waals surface area contributed by atoms with E-state index < -0.39 is 0 Å². The van der Waals surface area contributed by atoms with E-state index in [0.29, 0.717) is 11.5 Å². The van der Waals surface area contributed by atoms with Crippen LogP contribution in [0.1, 0.15) is 0 Å². The SMILES string of the molecule is c1ccc(-c2ncc3c(n2)oc2cc4c(cc23)oc2ccccc24)cc1. The molecule has 0 aliphatic rings. The molecule has 6 aromatic rings. The summed E-state index contributed by atoms with van der Waals surface area (Å²) in [5.74, 6) is 0.659. The van der Waals surface area contributed by atoms with Crippen LogP contribution in [-0.4, -0.2) is 9.97 Å². The van der Waals surface area contributed by atoms with Crippen molar-refractivity contribution in [2.45, 2.75) is 0 Å². The van der Waals surface area contributed by atoms with Crippen molar-refractivity contribution in [2.75, 3.05) is 0 Å². The number of aromatic nitrogens is 2. The second-order valence-corrected chi connectivity index (χ2v) is 6.32. The van der Waals surface area contributed by atoms with Crippen molar-refractivity contribution in [1.82, 2.24) is 9.97 Å². The maximum atomic E-state index is 6.05. The van der Waals surface area contributed by atoms with E-state index in [1.165, 1.54) is 0 Å². The van der Waals surface area contributed by atoms with Gasteiger partial charge in [0.1, 0.15) is 16.7 Å². The highest BCUT2D eigenvalue weighted by atomic mass is 16.3. The van der Waals surface area contributed by atoms with Gasteiger partial charge in [-0.2, -0.15) is 4.98 Å². The first-order valence-corrected chi connectivity index (χ1v) is 8.43. The lowest BCUT2D eigenvalue weighted by Crippen LogP contribution is -1.87. The molecule has 0 spiro atoms. The summed E-state index contributed by atoms with van der Waals surface area (Å²) in [4.78, 5) is 9.13. The minimum absolute atomic E-state index is 0.589. The number of benzene rings is 3. The van der Waals surface area contributed by atoms with E-state index in [4.69, 9.17) is 8.83 Å². The van der Waals surface area contributed by atoms with Crippen LogP contribution in [0, 0.1) is 0 Å². The zero-order chi connectivity index (χ0) is 17.1. The van der Waals surface area contributed by atoms with E-state index in [2.05, 4.69) is 16.0 Å². The lowest BCUT2D eigenvalue weighted by molar-refractivity contribution is 0.652. The maximum absolute atomic E-state index is 6.05. The Bertz CT molecular complexity index is 1430. The van der Waals surface area contributed by atoms with Gasteiger partial charge in [0.15, 0.2) is 5.82 Å². The van der Waals surface area contributed by atoms with Crippen molar-refractivity contribution in [1.29, 1.82) is 0 Å². The average molecular weight is 336 g/mol. The molecule has 3 aromatic heterocycles. The summed E-state index contributed by atoms with van der Waals surface area (Å²) in [6, 6.07) is 22.0. The lowest BCUT2D eigenvalue weighted by Gasteiger charge is -1.98. The number of rotatable bonds is 1. The number of nitrogens with zero attached hydrogens (tertiary/aromatic N) is 2. The van der Waals surface area contributed by atoms with Gasteiger partial charge in [-0.1, -0.05) is 48.5 Å². The van der Waals surface area contributed by atoms with Crippen LogP contribution >= 0.6 is 0 Å². The fourth-order valence-electron chi connectivity index (χ4n) is 3.51. The smallest absolute Gasteiger partial charge is 0.230 e. The molecule has 0 fully saturated rings. The van der Waals surface area contributed by atoms with Crippen molar-refractivity contribution >= 4 is 44.0 Å². The van der Waals surface area contributed by atoms with Gasteiger partial charge in [-0.3, -0.25) is 0 Å². The van der Waals surface area contributed by atoms with E-state index >= 15 is 0 Å². The molecule has 0 radical (unpaired) electrons.